The van der Waals surface area contributed by atoms with Gasteiger partial charge in [0.1, 0.15) is 0 Å². The summed E-state index contributed by atoms with van der Waals surface area (Å²) in [6.07, 6.45) is 2.30. The third-order valence-corrected chi connectivity index (χ3v) is 3.26. The van der Waals surface area contributed by atoms with Crippen molar-refractivity contribution in [3.05, 3.63) is 68.3 Å². The molecule has 2 aromatic carbocycles. The van der Waals surface area contributed by atoms with Crippen molar-refractivity contribution < 1.29 is 29.2 Å². The number of aliphatic carboxylic acids is 1. The van der Waals surface area contributed by atoms with E-state index in [4.69, 9.17) is 14.6 Å². The first-order valence-electron chi connectivity index (χ1n) is 7.60. The van der Waals surface area contributed by atoms with E-state index in [1.54, 1.807) is 6.92 Å². The van der Waals surface area contributed by atoms with E-state index in [1.807, 2.05) is 0 Å². The number of nitrogens with zero attached hydrogens (tertiary/aromatic N) is 2. The minimum Gasteiger partial charge on any atom is -0.490 e. The number of nitro groups is 2. The average molecular weight is 374 g/mol. The number of carbonyl (C=O) groups is 1. The molecular weight excluding hydrogens is 360 g/mol. The molecule has 0 radical (unpaired) electrons. The van der Waals surface area contributed by atoms with Gasteiger partial charge in [-0.25, -0.2) is 4.79 Å². The molecule has 0 bridgehead atoms. The molecule has 10 nitrogen and oxygen atoms in total. The topological polar surface area (TPSA) is 142 Å². The smallest absolute Gasteiger partial charge is 0.328 e. The second-order valence-corrected chi connectivity index (χ2v) is 5.08. The molecule has 0 amide bonds. The third-order valence-electron chi connectivity index (χ3n) is 3.26. The number of carboxylic acid groups (broad SMARTS) is 1. The summed E-state index contributed by atoms with van der Waals surface area (Å²) in [4.78, 5) is 31.1. The molecule has 1 N–H and O–H groups in total. The van der Waals surface area contributed by atoms with Crippen molar-refractivity contribution in [1.29, 1.82) is 0 Å². The highest BCUT2D eigenvalue weighted by molar-refractivity contribution is 5.85. The molecule has 0 aromatic heterocycles. The Morgan fingerprint density at radius 1 is 1.07 bits per heavy atom. The summed E-state index contributed by atoms with van der Waals surface area (Å²) in [6, 6.07) is 7.53. The fourth-order valence-corrected chi connectivity index (χ4v) is 2.12. The second-order valence-electron chi connectivity index (χ2n) is 5.08. The van der Waals surface area contributed by atoms with Crippen LogP contribution >= 0.6 is 0 Å². The SMILES string of the molecule is CCOc1cc(/C=C/C(=O)O)ccc1Oc1ccc([N+](=O)[O-])cc1[N+](=O)[O-]. The maximum Gasteiger partial charge on any atom is 0.328 e. The summed E-state index contributed by atoms with van der Waals surface area (Å²) in [5, 5.41) is 30.7. The number of non-ortho nitro benzene ring substituents is 1. The molecular formula is C17H14N2O8. The van der Waals surface area contributed by atoms with Crippen molar-refractivity contribution in [1.82, 2.24) is 0 Å². The molecule has 0 saturated heterocycles. The van der Waals surface area contributed by atoms with E-state index in [-0.39, 0.29) is 23.9 Å². The Morgan fingerprint density at radius 3 is 2.37 bits per heavy atom. The van der Waals surface area contributed by atoms with Gasteiger partial charge in [0.05, 0.1) is 22.5 Å². The van der Waals surface area contributed by atoms with Gasteiger partial charge in [0, 0.05) is 12.1 Å². The molecule has 0 unspecified atom stereocenters. The van der Waals surface area contributed by atoms with E-state index < -0.39 is 27.2 Å². The van der Waals surface area contributed by atoms with Gasteiger partial charge in [-0.1, -0.05) is 6.07 Å². The van der Waals surface area contributed by atoms with Crippen LogP contribution in [0.15, 0.2) is 42.5 Å². The minimum atomic E-state index is -1.12. The van der Waals surface area contributed by atoms with Crippen LogP contribution in [0.3, 0.4) is 0 Å². The lowest BCUT2D eigenvalue weighted by atomic mass is 10.2. The van der Waals surface area contributed by atoms with Gasteiger partial charge in [0.25, 0.3) is 5.69 Å². The van der Waals surface area contributed by atoms with Crippen molar-refractivity contribution in [2.75, 3.05) is 6.61 Å². The average Bonchev–Trinajstić information content (AvgIpc) is 2.61. The number of nitro benzene ring substituents is 2. The number of hydrogen-bond acceptors (Lipinski definition) is 7. The van der Waals surface area contributed by atoms with Crippen LogP contribution in [-0.4, -0.2) is 27.5 Å². The Labute approximate surface area is 152 Å². The summed E-state index contributed by atoms with van der Waals surface area (Å²) in [5.74, 6) is -0.936. The number of rotatable bonds is 8. The fourth-order valence-electron chi connectivity index (χ4n) is 2.12. The summed E-state index contributed by atoms with van der Waals surface area (Å²) in [5.41, 5.74) is -0.485. The van der Waals surface area contributed by atoms with Gasteiger partial charge in [0.2, 0.25) is 5.75 Å². The van der Waals surface area contributed by atoms with Gasteiger partial charge in [-0.05, 0) is 36.8 Å². The number of hydrogen-bond donors (Lipinski definition) is 1. The molecule has 0 aliphatic rings. The van der Waals surface area contributed by atoms with Crippen LogP contribution < -0.4 is 9.47 Å². The molecule has 0 aliphatic heterocycles. The zero-order valence-corrected chi connectivity index (χ0v) is 14.0. The molecule has 27 heavy (non-hydrogen) atoms. The quantitative estimate of drug-likeness (QED) is 0.418. The van der Waals surface area contributed by atoms with Crippen LogP contribution in [0.2, 0.25) is 0 Å². The van der Waals surface area contributed by atoms with Gasteiger partial charge in [-0.3, -0.25) is 20.2 Å². The van der Waals surface area contributed by atoms with Gasteiger partial charge < -0.3 is 14.6 Å². The molecule has 10 heteroatoms. The van der Waals surface area contributed by atoms with Gasteiger partial charge in [0.15, 0.2) is 11.5 Å². The Kier molecular flexibility index (Phi) is 6.05. The lowest BCUT2D eigenvalue weighted by Gasteiger charge is -2.12. The summed E-state index contributed by atoms with van der Waals surface area (Å²) >= 11 is 0. The number of carboxylic acids is 1. The molecule has 0 spiro atoms. The lowest BCUT2D eigenvalue weighted by molar-refractivity contribution is -0.394. The highest BCUT2D eigenvalue weighted by Gasteiger charge is 2.22. The zero-order valence-electron chi connectivity index (χ0n) is 14.0. The molecule has 140 valence electrons. The fraction of sp³-hybridized carbons (Fsp3) is 0.118. The Morgan fingerprint density at radius 2 is 1.78 bits per heavy atom. The molecule has 2 aromatic rings. The van der Waals surface area contributed by atoms with Gasteiger partial charge in [-0.15, -0.1) is 0 Å². The molecule has 0 fully saturated rings. The first kappa shape index (κ1) is 19.4. The lowest BCUT2D eigenvalue weighted by Crippen LogP contribution is -1.99. The van der Waals surface area contributed by atoms with E-state index in [2.05, 4.69) is 0 Å². The highest BCUT2D eigenvalue weighted by atomic mass is 16.6. The number of benzene rings is 2. The van der Waals surface area contributed by atoms with Crippen LogP contribution in [0.5, 0.6) is 17.2 Å². The van der Waals surface area contributed by atoms with Crippen LogP contribution in [0.4, 0.5) is 11.4 Å². The Balaban J connectivity index is 2.42. The first-order valence-corrected chi connectivity index (χ1v) is 7.60. The third kappa shape index (κ3) is 5.01. The summed E-state index contributed by atoms with van der Waals surface area (Å²) < 4.78 is 11.0. The maximum absolute atomic E-state index is 11.2. The predicted octanol–water partition coefficient (Wildman–Crippen LogP) is 3.79. The van der Waals surface area contributed by atoms with Crippen molar-refractivity contribution in [2.45, 2.75) is 6.92 Å². The van der Waals surface area contributed by atoms with Crippen LogP contribution in [-0.2, 0) is 4.79 Å². The van der Waals surface area contributed by atoms with Crippen LogP contribution in [0.25, 0.3) is 6.08 Å². The normalized spacial score (nSPS) is 10.6. The zero-order chi connectivity index (χ0) is 20.0. The molecule has 0 atom stereocenters. The first-order chi connectivity index (χ1) is 12.8. The highest BCUT2D eigenvalue weighted by Crippen LogP contribution is 2.38. The molecule has 0 heterocycles. The maximum atomic E-state index is 11.2. The van der Waals surface area contributed by atoms with Gasteiger partial charge in [-0.2, -0.15) is 0 Å². The van der Waals surface area contributed by atoms with E-state index in [0.29, 0.717) is 5.56 Å². The second kappa shape index (κ2) is 8.43. The van der Waals surface area contributed by atoms with Gasteiger partial charge >= 0.3 is 11.7 Å². The monoisotopic (exact) mass is 374 g/mol. The summed E-state index contributed by atoms with van der Waals surface area (Å²) in [6.45, 7) is 1.99. The van der Waals surface area contributed by atoms with Crippen LogP contribution in [0.1, 0.15) is 12.5 Å². The van der Waals surface area contributed by atoms with Crippen molar-refractivity contribution in [2.24, 2.45) is 0 Å². The van der Waals surface area contributed by atoms with Crippen molar-refractivity contribution >= 4 is 23.4 Å². The van der Waals surface area contributed by atoms with E-state index in [9.17, 15) is 25.0 Å². The predicted molar refractivity (Wildman–Crippen MR) is 94.1 cm³/mol. The molecule has 2 rings (SSSR count). The van der Waals surface area contributed by atoms with Crippen molar-refractivity contribution in [3.63, 3.8) is 0 Å². The largest absolute Gasteiger partial charge is 0.490 e. The summed E-state index contributed by atoms with van der Waals surface area (Å²) in [7, 11) is 0. The van der Waals surface area contributed by atoms with Crippen LogP contribution in [0, 0.1) is 20.2 Å². The molecule has 0 aliphatic carbocycles. The minimum absolute atomic E-state index is 0.140. The van der Waals surface area contributed by atoms with Crippen molar-refractivity contribution in [3.8, 4) is 17.2 Å². The van der Waals surface area contributed by atoms with E-state index in [0.717, 1.165) is 24.3 Å². The number of ether oxygens (including phenoxy) is 2. The Hall–Kier alpha value is -3.95. The van der Waals surface area contributed by atoms with E-state index >= 15 is 0 Å². The standard InChI is InChI=1S/C17H14N2O8/c1-2-26-16-9-11(4-8-17(20)21)3-6-15(16)27-14-7-5-12(18(22)23)10-13(14)19(24)25/h3-10H,2H2,1H3,(H,20,21)/b8-4+. The van der Waals surface area contributed by atoms with E-state index in [1.165, 1.54) is 24.3 Å². The molecule has 0 saturated carbocycles. The Bertz CT molecular complexity index is 923.